The van der Waals surface area contributed by atoms with Crippen molar-refractivity contribution in [3.63, 3.8) is 0 Å². The van der Waals surface area contributed by atoms with Gasteiger partial charge in [-0.15, -0.1) is 22.7 Å². The largest absolute Gasteiger partial charge is 0.134 e. The standard InChI is InChI=1S/C32H38S2/c1-5-13-23(7-3)25-15-9-11-17-27(25)29-19-21-31(33-29)32-22-20-30(34-32)28-18-12-10-16-26(28)24(8-4)14-6-2/h9-12,15-24H,5-8,13-14H2,1-4H3. The average molecular weight is 487 g/mol. The van der Waals surface area contributed by atoms with Gasteiger partial charge in [0, 0.05) is 19.5 Å². The molecule has 0 radical (unpaired) electrons. The molecule has 0 saturated heterocycles. The molecule has 2 atom stereocenters. The summed E-state index contributed by atoms with van der Waals surface area (Å²) in [5, 5.41) is 0. The van der Waals surface area contributed by atoms with Crippen LogP contribution in [0, 0.1) is 0 Å². The van der Waals surface area contributed by atoms with Gasteiger partial charge in [0.2, 0.25) is 0 Å². The minimum absolute atomic E-state index is 0.645. The Balaban J connectivity index is 1.65. The molecule has 2 aromatic heterocycles. The predicted octanol–water partition coefficient (Wildman–Crippen LogP) is 11.4. The van der Waals surface area contributed by atoms with Crippen molar-refractivity contribution in [2.24, 2.45) is 0 Å². The quantitative estimate of drug-likeness (QED) is 0.198. The third-order valence-corrected chi connectivity index (χ3v) is 9.48. The van der Waals surface area contributed by atoms with Crippen LogP contribution in [0.5, 0.6) is 0 Å². The fourth-order valence-electron chi connectivity index (χ4n) is 5.24. The highest BCUT2D eigenvalue weighted by molar-refractivity contribution is 7.25. The molecule has 2 heterocycles. The van der Waals surface area contributed by atoms with Gasteiger partial charge in [0.05, 0.1) is 0 Å². The lowest BCUT2D eigenvalue weighted by molar-refractivity contribution is 0.597. The summed E-state index contributed by atoms with van der Waals surface area (Å²) in [5.74, 6) is 1.29. The Bertz CT molecular complexity index is 1090. The van der Waals surface area contributed by atoms with Gasteiger partial charge in [0.25, 0.3) is 0 Å². The highest BCUT2D eigenvalue weighted by atomic mass is 32.1. The van der Waals surface area contributed by atoms with Crippen molar-refractivity contribution < 1.29 is 0 Å². The van der Waals surface area contributed by atoms with E-state index in [4.69, 9.17) is 0 Å². The van der Waals surface area contributed by atoms with Crippen molar-refractivity contribution in [3.05, 3.63) is 83.9 Å². The second-order valence-corrected chi connectivity index (χ2v) is 11.5. The van der Waals surface area contributed by atoms with Crippen LogP contribution in [0.3, 0.4) is 0 Å². The molecular weight excluding hydrogens is 448 g/mol. The van der Waals surface area contributed by atoms with Crippen molar-refractivity contribution >= 4 is 22.7 Å². The predicted molar refractivity (Wildman–Crippen MR) is 154 cm³/mol. The molecule has 2 heteroatoms. The monoisotopic (exact) mass is 486 g/mol. The molecule has 2 aromatic carbocycles. The fourth-order valence-corrected chi connectivity index (χ4v) is 7.44. The van der Waals surface area contributed by atoms with Crippen LogP contribution in [-0.4, -0.2) is 0 Å². The topological polar surface area (TPSA) is 0 Å². The van der Waals surface area contributed by atoms with Crippen molar-refractivity contribution in [2.75, 3.05) is 0 Å². The summed E-state index contributed by atoms with van der Waals surface area (Å²) in [5.41, 5.74) is 5.88. The summed E-state index contributed by atoms with van der Waals surface area (Å²) < 4.78 is 0. The smallest absolute Gasteiger partial charge is 0.0449 e. The molecule has 0 aliphatic rings. The lowest BCUT2D eigenvalue weighted by Crippen LogP contribution is -1.98. The van der Waals surface area contributed by atoms with Gasteiger partial charge in [0.15, 0.2) is 0 Å². The molecule has 0 spiro atoms. The first-order valence-corrected chi connectivity index (χ1v) is 14.7. The van der Waals surface area contributed by atoms with Gasteiger partial charge in [0.1, 0.15) is 0 Å². The van der Waals surface area contributed by atoms with Crippen LogP contribution in [0.2, 0.25) is 0 Å². The third kappa shape index (κ3) is 5.39. The molecule has 4 aromatic rings. The van der Waals surface area contributed by atoms with Crippen LogP contribution in [0.1, 0.15) is 89.2 Å². The normalized spacial score (nSPS) is 13.2. The Hall–Kier alpha value is -2.16. The Morgan fingerprint density at radius 3 is 1.26 bits per heavy atom. The van der Waals surface area contributed by atoms with Gasteiger partial charge in [-0.2, -0.15) is 0 Å². The highest BCUT2D eigenvalue weighted by Crippen LogP contribution is 2.44. The number of hydrogen-bond donors (Lipinski definition) is 0. The summed E-state index contributed by atoms with van der Waals surface area (Å²) >= 11 is 3.88. The highest BCUT2D eigenvalue weighted by Gasteiger charge is 2.18. The van der Waals surface area contributed by atoms with E-state index in [2.05, 4.69) is 100 Å². The van der Waals surface area contributed by atoms with E-state index in [1.807, 2.05) is 22.7 Å². The van der Waals surface area contributed by atoms with Gasteiger partial charge < -0.3 is 0 Å². The molecular formula is C32H38S2. The molecule has 0 nitrogen and oxygen atoms in total. The molecule has 2 unspecified atom stereocenters. The number of thiophene rings is 2. The Morgan fingerprint density at radius 2 is 0.882 bits per heavy atom. The minimum Gasteiger partial charge on any atom is -0.134 e. The molecule has 0 aliphatic carbocycles. The second-order valence-electron chi connectivity index (χ2n) is 9.29. The van der Waals surface area contributed by atoms with Crippen LogP contribution in [0.4, 0.5) is 0 Å². The first kappa shape index (κ1) is 24.9. The number of rotatable bonds is 11. The fraction of sp³-hybridized carbons (Fsp3) is 0.375. The van der Waals surface area contributed by atoms with E-state index in [-0.39, 0.29) is 0 Å². The summed E-state index contributed by atoms with van der Waals surface area (Å²) in [6, 6.07) is 27.4. The summed E-state index contributed by atoms with van der Waals surface area (Å²) in [7, 11) is 0. The van der Waals surface area contributed by atoms with Crippen molar-refractivity contribution in [1.82, 2.24) is 0 Å². The molecule has 0 aliphatic heterocycles. The molecule has 0 fully saturated rings. The molecule has 0 amide bonds. The van der Waals surface area contributed by atoms with Gasteiger partial charge in [-0.1, -0.05) is 89.1 Å². The van der Waals surface area contributed by atoms with Gasteiger partial charge >= 0.3 is 0 Å². The Labute approximate surface area is 214 Å². The van der Waals surface area contributed by atoms with Gasteiger partial charge in [-0.05, 0) is 84.0 Å². The molecule has 0 N–H and O–H groups in total. The number of hydrogen-bond acceptors (Lipinski definition) is 2. The second kappa shape index (κ2) is 12.0. The van der Waals surface area contributed by atoms with E-state index in [0.717, 1.165) is 0 Å². The van der Waals surface area contributed by atoms with Crippen LogP contribution < -0.4 is 0 Å². The molecule has 34 heavy (non-hydrogen) atoms. The lowest BCUT2D eigenvalue weighted by atomic mass is 9.88. The van der Waals surface area contributed by atoms with Crippen LogP contribution >= 0.6 is 22.7 Å². The molecule has 0 bridgehead atoms. The SMILES string of the molecule is CCCC(CC)c1ccccc1-c1ccc(-c2ccc(-c3ccccc3C(CC)CCC)s2)s1. The van der Waals surface area contributed by atoms with Gasteiger partial charge in [-0.3, -0.25) is 0 Å². The zero-order chi connectivity index (χ0) is 23.9. The zero-order valence-corrected chi connectivity index (χ0v) is 22.8. The number of benzene rings is 2. The Kier molecular flexibility index (Phi) is 8.80. The maximum absolute atomic E-state index is 2.35. The maximum atomic E-state index is 2.35. The van der Waals surface area contributed by atoms with E-state index in [1.165, 1.54) is 80.3 Å². The lowest BCUT2D eigenvalue weighted by Gasteiger charge is -2.18. The first-order valence-electron chi connectivity index (χ1n) is 13.1. The summed E-state index contributed by atoms with van der Waals surface area (Å²) in [6.45, 7) is 9.25. The Morgan fingerprint density at radius 1 is 0.500 bits per heavy atom. The van der Waals surface area contributed by atoms with E-state index in [9.17, 15) is 0 Å². The summed E-state index contributed by atoms with van der Waals surface area (Å²) in [6.07, 6.45) is 7.39. The maximum Gasteiger partial charge on any atom is 0.0449 e. The van der Waals surface area contributed by atoms with E-state index < -0.39 is 0 Å². The third-order valence-electron chi connectivity index (χ3n) is 7.05. The summed E-state index contributed by atoms with van der Waals surface area (Å²) in [4.78, 5) is 5.54. The van der Waals surface area contributed by atoms with E-state index >= 15 is 0 Å². The van der Waals surface area contributed by atoms with E-state index in [1.54, 1.807) is 0 Å². The van der Waals surface area contributed by atoms with Crippen molar-refractivity contribution in [3.8, 4) is 30.6 Å². The first-order chi connectivity index (χ1) is 16.7. The van der Waals surface area contributed by atoms with E-state index in [0.29, 0.717) is 11.8 Å². The molecule has 178 valence electrons. The molecule has 4 rings (SSSR count). The van der Waals surface area contributed by atoms with Crippen LogP contribution in [0.15, 0.2) is 72.8 Å². The zero-order valence-electron chi connectivity index (χ0n) is 21.1. The van der Waals surface area contributed by atoms with Crippen LogP contribution in [0.25, 0.3) is 30.6 Å². The molecule has 0 saturated carbocycles. The van der Waals surface area contributed by atoms with Crippen molar-refractivity contribution in [1.29, 1.82) is 0 Å². The van der Waals surface area contributed by atoms with Crippen molar-refractivity contribution in [2.45, 2.75) is 78.1 Å². The van der Waals surface area contributed by atoms with Gasteiger partial charge in [-0.25, -0.2) is 0 Å². The minimum atomic E-state index is 0.645. The average Bonchev–Trinajstić information content (AvgIpc) is 3.56. The van der Waals surface area contributed by atoms with Crippen LogP contribution in [-0.2, 0) is 0 Å².